The van der Waals surface area contributed by atoms with E-state index in [9.17, 15) is 9.59 Å². The first-order valence-electron chi connectivity index (χ1n) is 8.50. The summed E-state index contributed by atoms with van der Waals surface area (Å²) in [5.41, 5.74) is 3.52. The molecule has 0 unspecified atom stereocenters. The van der Waals surface area contributed by atoms with E-state index < -0.39 is 11.5 Å². The molecule has 26 heavy (non-hydrogen) atoms. The van der Waals surface area contributed by atoms with Gasteiger partial charge in [-0.25, -0.2) is 15.6 Å². The largest absolute Gasteiger partial charge is 0.444 e. The summed E-state index contributed by atoms with van der Waals surface area (Å²) in [6, 6.07) is 1.88. The minimum absolute atomic E-state index is 0.321. The van der Waals surface area contributed by atoms with Gasteiger partial charge in [0, 0.05) is 44.0 Å². The van der Waals surface area contributed by atoms with Gasteiger partial charge in [0.15, 0.2) is 0 Å². The van der Waals surface area contributed by atoms with Crippen LogP contribution in [0.25, 0.3) is 11.0 Å². The highest BCUT2D eigenvalue weighted by atomic mass is 16.6. The number of piperazine rings is 1. The molecule has 2 aromatic rings. The second kappa shape index (κ2) is 6.83. The molecule has 0 atom stereocenters. The maximum Gasteiger partial charge on any atom is 0.410 e. The highest BCUT2D eigenvalue weighted by molar-refractivity contribution is 6.06. The molecule has 3 heterocycles. The number of carbonyl (C=O) groups excluding carboxylic acids is 2. The van der Waals surface area contributed by atoms with Crippen molar-refractivity contribution in [1.82, 2.24) is 20.3 Å². The predicted molar refractivity (Wildman–Crippen MR) is 97.8 cm³/mol. The molecule has 0 aliphatic carbocycles. The Labute approximate surface area is 151 Å². The Balaban J connectivity index is 1.82. The van der Waals surface area contributed by atoms with Gasteiger partial charge in [0.05, 0.1) is 11.3 Å². The lowest BCUT2D eigenvalue weighted by Gasteiger charge is -2.37. The highest BCUT2D eigenvalue weighted by Gasteiger charge is 2.28. The van der Waals surface area contributed by atoms with E-state index in [0.717, 1.165) is 11.1 Å². The average Bonchev–Trinajstić information content (AvgIpc) is 3.07. The summed E-state index contributed by atoms with van der Waals surface area (Å²) in [7, 11) is 0. The van der Waals surface area contributed by atoms with Gasteiger partial charge >= 0.3 is 6.09 Å². The zero-order valence-corrected chi connectivity index (χ0v) is 15.2. The number of pyridine rings is 1. The number of H-pyrrole nitrogens is 1. The molecule has 0 radical (unpaired) electrons. The molecule has 0 bridgehead atoms. The standard InChI is InChI=1S/C17H24N6O3/c1-17(2,3)26-16(25)23-8-6-22(7-9-23)13-11-4-5-19-14(11)20-10-12(13)15(24)21-18/h4-5,10H,6-9,18H2,1-3H3,(H,19,20)(H,21,24). The van der Waals surface area contributed by atoms with Crippen molar-refractivity contribution in [2.75, 3.05) is 31.1 Å². The lowest BCUT2D eigenvalue weighted by molar-refractivity contribution is 0.0240. The number of anilines is 1. The van der Waals surface area contributed by atoms with Crippen LogP contribution in [0, 0.1) is 0 Å². The Morgan fingerprint density at radius 1 is 1.27 bits per heavy atom. The van der Waals surface area contributed by atoms with Gasteiger partial charge in [-0.1, -0.05) is 0 Å². The lowest BCUT2D eigenvalue weighted by atomic mass is 10.1. The minimum atomic E-state index is -0.525. The molecule has 9 heteroatoms. The number of hydrogen-bond donors (Lipinski definition) is 3. The quantitative estimate of drug-likeness (QED) is 0.421. The highest BCUT2D eigenvalue weighted by Crippen LogP contribution is 2.30. The van der Waals surface area contributed by atoms with Crippen molar-refractivity contribution in [1.29, 1.82) is 0 Å². The van der Waals surface area contributed by atoms with Gasteiger partial charge in [-0.05, 0) is 26.8 Å². The van der Waals surface area contributed by atoms with Crippen molar-refractivity contribution in [3.8, 4) is 0 Å². The van der Waals surface area contributed by atoms with E-state index in [1.165, 1.54) is 6.20 Å². The van der Waals surface area contributed by atoms with Crippen LogP contribution in [0.2, 0.25) is 0 Å². The second-order valence-corrected chi connectivity index (χ2v) is 7.19. The normalized spacial score (nSPS) is 15.2. The zero-order chi connectivity index (χ0) is 18.9. The summed E-state index contributed by atoms with van der Waals surface area (Å²) in [5.74, 6) is 4.92. The van der Waals surface area contributed by atoms with E-state index in [4.69, 9.17) is 10.6 Å². The number of nitrogen functional groups attached to an aromatic ring is 1. The van der Waals surface area contributed by atoms with Crippen molar-refractivity contribution in [2.24, 2.45) is 5.84 Å². The molecule has 140 valence electrons. The van der Waals surface area contributed by atoms with Crippen LogP contribution >= 0.6 is 0 Å². The van der Waals surface area contributed by atoms with E-state index >= 15 is 0 Å². The number of rotatable bonds is 2. The maximum absolute atomic E-state index is 12.2. The van der Waals surface area contributed by atoms with Gasteiger partial charge in [-0.2, -0.15) is 0 Å². The van der Waals surface area contributed by atoms with E-state index in [-0.39, 0.29) is 6.09 Å². The molecule has 9 nitrogen and oxygen atoms in total. The molecule has 1 saturated heterocycles. The number of nitrogens with one attached hydrogen (secondary N) is 2. The Hall–Kier alpha value is -2.81. The number of amides is 2. The summed E-state index contributed by atoms with van der Waals surface area (Å²) < 4.78 is 5.43. The first-order chi connectivity index (χ1) is 12.3. The van der Waals surface area contributed by atoms with E-state index in [1.807, 2.05) is 26.8 Å². The molecule has 1 aliphatic rings. The summed E-state index contributed by atoms with van der Waals surface area (Å²) in [5, 5.41) is 0.844. The molecular formula is C17H24N6O3. The Kier molecular flexibility index (Phi) is 4.73. The van der Waals surface area contributed by atoms with Gasteiger partial charge in [0.1, 0.15) is 11.2 Å². The number of fused-ring (bicyclic) bond motifs is 1. The minimum Gasteiger partial charge on any atom is -0.444 e. The fourth-order valence-corrected chi connectivity index (χ4v) is 3.02. The maximum atomic E-state index is 12.2. The molecule has 0 aromatic carbocycles. The van der Waals surface area contributed by atoms with Gasteiger partial charge in [-0.3, -0.25) is 10.2 Å². The number of hydrogen-bond acceptors (Lipinski definition) is 6. The van der Waals surface area contributed by atoms with Crippen molar-refractivity contribution < 1.29 is 14.3 Å². The summed E-state index contributed by atoms with van der Waals surface area (Å²) >= 11 is 0. The number of hydrazine groups is 1. The van der Waals surface area contributed by atoms with Crippen molar-refractivity contribution in [3.05, 3.63) is 24.0 Å². The molecule has 2 amide bonds. The van der Waals surface area contributed by atoms with Crippen LogP contribution < -0.4 is 16.2 Å². The predicted octanol–water partition coefficient (Wildman–Crippen LogP) is 1.22. The molecule has 1 aliphatic heterocycles. The number of aromatic nitrogens is 2. The van der Waals surface area contributed by atoms with Gasteiger partial charge in [-0.15, -0.1) is 0 Å². The average molecular weight is 360 g/mol. The van der Waals surface area contributed by atoms with E-state index in [0.29, 0.717) is 37.4 Å². The number of nitrogens with two attached hydrogens (primary N) is 1. The van der Waals surface area contributed by atoms with Crippen LogP contribution in [0.5, 0.6) is 0 Å². The fourth-order valence-electron chi connectivity index (χ4n) is 3.02. The van der Waals surface area contributed by atoms with E-state index in [1.54, 1.807) is 11.1 Å². The zero-order valence-electron chi connectivity index (χ0n) is 15.2. The summed E-state index contributed by atoms with van der Waals surface area (Å²) in [6.07, 6.45) is 2.97. The molecule has 3 rings (SSSR count). The number of ether oxygens (including phenoxy) is 1. The third kappa shape index (κ3) is 3.57. The summed E-state index contributed by atoms with van der Waals surface area (Å²) in [4.78, 5) is 35.5. The third-order valence-electron chi connectivity index (χ3n) is 4.18. The number of aromatic amines is 1. The van der Waals surface area contributed by atoms with Crippen LogP contribution in [-0.4, -0.2) is 58.6 Å². The molecule has 4 N–H and O–H groups in total. The van der Waals surface area contributed by atoms with Gasteiger partial charge in [0.2, 0.25) is 0 Å². The van der Waals surface area contributed by atoms with Crippen LogP contribution in [0.4, 0.5) is 10.5 Å². The van der Waals surface area contributed by atoms with Crippen LogP contribution in [0.3, 0.4) is 0 Å². The molecule has 2 aromatic heterocycles. The topological polar surface area (TPSA) is 117 Å². The van der Waals surface area contributed by atoms with Crippen molar-refractivity contribution >= 4 is 28.7 Å². The van der Waals surface area contributed by atoms with Gasteiger partial charge < -0.3 is 19.5 Å². The molecule has 1 fully saturated rings. The van der Waals surface area contributed by atoms with Crippen molar-refractivity contribution in [3.63, 3.8) is 0 Å². The lowest BCUT2D eigenvalue weighted by Crippen LogP contribution is -2.50. The van der Waals surface area contributed by atoms with Gasteiger partial charge in [0.25, 0.3) is 5.91 Å². The Morgan fingerprint density at radius 3 is 2.58 bits per heavy atom. The molecule has 0 spiro atoms. The van der Waals surface area contributed by atoms with Crippen LogP contribution in [0.1, 0.15) is 31.1 Å². The molecule has 0 saturated carbocycles. The Morgan fingerprint density at radius 2 is 1.96 bits per heavy atom. The Bertz CT molecular complexity index is 818. The number of nitrogens with zero attached hydrogens (tertiary/aromatic N) is 3. The molecular weight excluding hydrogens is 336 g/mol. The third-order valence-corrected chi connectivity index (χ3v) is 4.18. The summed E-state index contributed by atoms with van der Waals surface area (Å²) in [6.45, 7) is 7.71. The van der Waals surface area contributed by atoms with Crippen molar-refractivity contribution in [2.45, 2.75) is 26.4 Å². The number of carbonyl (C=O) groups is 2. The van der Waals surface area contributed by atoms with Crippen LogP contribution in [-0.2, 0) is 4.74 Å². The fraction of sp³-hybridized carbons (Fsp3) is 0.471. The second-order valence-electron chi connectivity index (χ2n) is 7.19. The van der Waals surface area contributed by atoms with E-state index in [2.05, 4.69) is 20.3 Å². The smallest absolute Gasteiger partial charge is 0.410 e. The first-order valence-corrected chi connectivity index (χ1v) is 8.50. The van der Waals surface area contributed by atoms with Crippen LogP contribution in [0.15, 0.2) is 18.5 Å². The monoisotopic (exact) mass is 360 g/mol. The first kappa shape index (κ1) is 18.0. The SMILES string of the molecule is CC(C)(C)OC(=O)N1CCN(c2c(C(=O)NN)cnc3[nH]ccc23)CC1.